The summed E-state index contributed by atoms with van der Waals surface area (Å²) >= 11 is 3.76. The summed E-state index contributed by atoms with van der Waals surface area (Å²) in [6.07, 6.45) is 0. The van der Waals surface area contributed by atoms with E-state index < -0.39 is 0 Å². The first kappa shape index (κ1) is 29.4. The predicted octanol–water partition coefficient (Wildman–Crippen LogP) is 12.2. The van der Waals surface area contributed by atoms with Crippen molar-refractivity contribution in [1.82, 2.24) is 0 Å². The second-order valence-electron chi connectivity index (χ2n) is 14.0. The number of rotatable bonds is 3. The van der Waals surface area contributed by atoms with Crippen LogP contribution in [0.3, 0.4) is 0 Å². The molecular weight excluding hydrogens is 679 g/mol. The van der Waals surface area contributed by atoms with Crippen LogP contribution >= 0.6 is 22.7 Å². The third-order valence-corrected chi connectivity index (χ3v) is 13.6. The first-order valence-electron chi connectivity index (χ1n) is 18.1. The van der Waals surface area contributed by atoms with Crippen molar-refractivity contribution in [1.29, 1.82) is 0 Å². The Labute approximate surface area is 315 Å². The lowest BCUT2D eigenvalue weighted by Gasteiger charge is -2.44. The smallest absolute Gasteiger partial charge is 0.252 e. The minimum atomic E-state index is 0.122. The molecule has 0 aliphatic carbocycles. The average molecular weight is 709 g/mol. The highest BCUT2D eigenvalue weighted by Gasteiger charge is 2.42. The van der Waals surface area contributed by atoms with Crippen LogP contribution in [0.1, 0.15) is 0 Å². The molecule has 246 valence electrons. The standard InChI is InChI=1S/C48H29BN2S2/c1-8-22-45-34(11-1)36-14-9-13-33(48(36)53-45)30-23-25-31(26-24-30)50-40-17-5-3-15-38(40)49-39-16-4-6-18-41(39)51(43-20-10-19-42(50)47(43)49)32-27-28-46-37(29-32)35-12-2-7-21-44(35)52-46/h1-29H. The number of anilines is 6. The number of benzene rings is 8. The van der Waals surface area contributed by atoms with Crippen molar-refractivity contribution in [2.75, 3.05) is 9.80 Å². The van der Waals surface area contributed by atoms with Gasteiger partial charge in [0.05, 0.1) is 0 Å². The van der Waals surface area contributed by atoms with Crippen LogP contribution in [-0.2, 0) is 0 Å². The number of nitrogens with zero attached hydrogens (tertiary/aromatic N) is 2. The number of fused-ring (bicyclic) bond motifs is 10. The van der Waals surface area contributed by atoms with E-state index in [1.54, 1.807) is 0 Å². The summed E-state index contributed by atoms with van der Waals surface area (Å²) in [5, 5.41) is 5.29. The van der Waals surface area contributed by atoms with Crippen molar-refractivity contribution >= 4 is 120 Å². The van der Waals surface area contributed by atoms with E-state index in [4.69, 9.17) is 0 Å². The number of para-hydroxylation sites is 2. The molecule has 4 heterocycles. The Hall–Kier alpha value is -6.14. The van der Waals surface area contributed by atoms with Crippen LogP contribution in [0.4, 0.5) is 34.1 Å². The lowest BCUT2D eigenvalue weighted by molar-refractivity contribution is 1.26. The topological polar surface area (TPSA) is 6.48 Å². The molecule has 2 nitrogen and oxygen atoms in total. The van der Waals surface area contributed by atoms with Crippen LogP contribution in [0.25, 0.3) is 51.5 Å². The molecule has 0 atom stereocenters. The van der Waals surface area contributed by atoms with Crippen LogP contribution in [0.2, 0.25) is 0 Å². The van der Waals surface area contributed by atoms with Crippen molar-refractivity contribution in [2.24, 2.45) is 0 Å². The van der Waals surface area contributed by atoms with E-state index in [0.29, 0.717) is 0 Å². The Morgan fingerprint density at radius 3 is 1.64 bits per heavy atom. The largest absolute Gasteiger partial charge is 0.311 e. The van der Waals surface area contributed by atoms with Gasteiger partial charge in [-0.2, -0.15) is 0 Å². The Morgan fingerprint density at radius 2 is 0.906 bits per heavy atom. The van der Waals surface area contributed by atoms with Crippen LogP contribution in [0.15, 0.2) is 176 Å². The average Bonchev–Trinajstić information content (AvgIpc) is 3.79. The molecule has 12 rings (SSSR count). The molecule has 0 N–H and O–H groups in total. The van der Waals surface area contributed by atoms with Gasteiger partial charge in [-0.05, 0) is 94.2 Å². The fourth-order valence-electron chi connectivity index (χ4n) is 9.01. The molecule has 0 bridgehead atoms. The fraction of sp³-hybridized carbons (Fsp3) is 0. The quantitative estimate of drug-likeness (QED) is 0.169. The lowest BCUT2D eigenvalue weighted by Crippen LogP contribution is -2.61. The molecule has 0 unspecified atom stereocenters. The maximum atomic E-state index is 2.50. The molecule has 0 fully saturated rings. The van der Waals surface area contributed by atoms with E-state index in [0.717, 1.165) is 5.69 Å². The third kappa shape index (κ3) is 4.21. The van der Waals surface area contributed by atoms with Gasteiger partial charge < -0.3 is 9.80 Å². The lowest BCUT2D eigenvalue weighted by atomic mass is 9.33. The minimum absolute atomic E-state index is 0.122. The highest BCUT2D eigenvalue weighted by atomic mass is 32.1. The van der Waals surface area contributed by atoms with Crippen molar-refractivity contribution in [3.63, 3.8) is 0 Å². The van der Waals surface area contributed by atoms with E-state index in [1.807, 2.05) is 22.7 Å². The van der Waals surface area contributed by atoms with E-state index in [9.17, 15) is 0 Å². The maximum Gasteiger partial charge on any atom is 0.252 e. The normalized spacial score (nSPS) is 13.2. The van der Waals surface area contributed by atoms with Gasteiger partial charge in [0.15, 0.2) is 0 Å². The van der Waals surface area contributed by atoms with Gasteiger partial charge in [0, 0.05) is 74.5 Å². The Bertz CT molecular complexity index is 3100. The summed E-state index contributed by atoms with van der Waals surface area (Å²) < 4.78 is 5.33. The van der Waals surface area contributed by atoms with Gasteiger partial charge in [-0.25, -0.2) is 0 Å². The van der Waals surface area contributed by atoms with Crippen molar-refractivity contribution < 1.29 is 0 Å². The Kier molecular flexibility index (Phi) is 6.21. The molecule has 0 saturated heterocycles. The van der Waals surface area contributed by atoms with Crippen molar-refractivity contribution in [2.45, 2.75) is 0 Å². The molecule has 8 aromatic carbocycles. The minimum Gasteiger partial charge on any atom is -0.311 e. The molecule has 2 aliphatic heterocycles. The zero-order chi connectivity index (χ0) is 34.6. The van der Waals surface area contributed by atoms with Crippen LogP contribution < -0.4 is 26.2 Å². The second kappa shape index (κ2) is 11.2. The van der Waals surface area contributed by atoms with E-state index >= 15 is 0 Å². The molecule has 0 saturated carbocycles. The fourth-order valence-corrected chi connectivity index (χ4v) is 11.3. The second-order valence-corrected chi connectivity index (χ2v) is 16.2. The first-order valence-corrected chi connectivity index (χ1v) is 19.8. The molecular formula is C48H29BN2S2. The zero-order valence-corrected chi connectivity index (χ0v) is 30.2. The Balaban J connectivity index is 1.04. The Morgan fingerprint density at radius 1 is 0.377 bits per heavy atom. The molecule has 5 heteroatoms. The van der Waals surface area contributed by atoms with Gasteiger partial charge in [0.25, 0.3) is 6.71 Å². The van der Waals surface area contributed by atoms with Crippen LogP contribution in [0, 0.1) is 0 Å². The molecule has 0 radical (unpaired) electrons. The van der Waals surface area contributed by atoms with Crippen molar-refractivity contribution in [3.05, 3.63) is 176 Å². The molecule has 0 spiro atoms. The summed E-state index contributed by atoms with van der Waals surface area (Å²) in [5.41, 5.74) is 13.8. The van der Waals surface area contributed by atoms with Crippen LogP contribution in [-0.4, -0.2) is 6.71 Å². The van der Waals surface area contributed by atoms with Crippen LogP contribution in [0.5, 0.6) is 0 Å². The van der Waals surface area contributed by atoms with Gasteiger partial charge >= 0.3 is 0 Å². The van der Waals surface area contributed by atoms with E-state index in [2.05, 4.69) is 186 Å². The van der Waals surface area contributed by atoms with Gasteiger partial charge in [-0.1, -0.05) is 109 Å². The summed E-state index contributed by atoms with van der Waals surface area (Å²) in [7, 11) is 0. The highest BCUT2D eigenvalue weighted by Crippen LogP contribution is 2.46. The van der Waals surface area contributed by atoms with E-state index in [-0.39, 0.29) is 6.71 Å². The maximum absolute atomic E-state index is 2.50. The molecule has 0 amide bonds. The highest BCUT2D eigenvalue weighted by molar-refractivity contribution is 7.26. The summed E-state index contributed by atoms with van der Waals surface area (Å²) in [4.78, 5) is 4.98. The molecule has 10 aromatic rings. The molecule has 53 heavy (non-hydrogen) atoms. The number of thiophene rings is 2. The van der Waals surface area contributed by atoms with Crippen molar-refractivity contribution in [3.8, 4) is 11.1 Å². The molecule has 2 aliphatic rings. The zero-order valence-electron chi connectivity index (χ0n) is 28.5. The monoisotopic (exact) mass is 708 g/mol. The van der Waals surface area contributed by atoms with Gasteiger partial charge in [-0.3, -0.25) is 0 Å². The summed E-state index contributed by atoms with van der Waals surface area (Å²) in [6, 6.07) is 65.4. The van der Waals surface area contributed by atoms with Gasteiger partial charge in [-0.15, -0.1) is 22.7 Å². The number of hydrogen-bond donors (Lipinski definition) is 0. The summed E-state index contributed by atoms with van der Waals surface area (Å²) in [6.45, 7) is 0.122. The molecule has 2 aromatic heterocycles. The first-order chi connectivity index (χ1) is 26.3. The van der Waals surface area contributed by atoms with Gasteiger partial charge in [0.2, 0.25) is 0 Å². The summed E-state index contributed by atoms with van der Waals surface area (Å²) in [5.74, 6) is 0. The SMILES string of the molecule is c1ccc2c(c1)B1c3ccccc3N(c3ccc4sc5ccccc5c4c3)c3cccc(c31)N2c1ccc(-c2cccc3c2sc2ccccc23)cc1. The van der Waals surface area contributed by atoms with Gasteiger partial charge in [0.1, 0.15) is 0 Å². The number of hydrogen-bond acceptors (Lipinski definition) is 4. The predicted molar refractivity (Wildman–Crippen MR) is 232 cm³/mol. The third-order valence-electron chi connectivity index (χ3n) is 11.3. The van der Waals surface area contributed by atoms with E-state index in [1.165, 1.54) is 96.3 Å².